The maximum Gasteiger partial charge on any atom is 0.123 e. The summed E-state index contributed by atoms with van der Waals surface area (Å²) >= 11 is 0. The van der Waals surface area contributed by atoms with Gasteiger partial charge in [-0.15, -0.1) is 0 Å². The average Bonchev–Trinajstić information content (AvgIpc) is 2.39. The summed E-state index contributed by atoms with van der Waals surface area (Å²) < 4.78 is 12.8. The van der Waals surface area contributed by atoms with Gasteiger partial charge in [-0.3, -0.25) is 0 Å². The van der Waals surface area contributed by atoms with Gasteiger partial charge in [0.1, 0.15) is 5.82 Å². The summed E-state index contributed by atoms with van der Waals surface area (Å²) in [7, 11) is 0. The molecule has 17 heavy (non-hydrogen) atoms. The molecule has 1 saturated carbocycles. The van der Waals surface area contributed by atoms with E-state index in [0.717, 1.165) is 5.56 Å². The lowest BCUT2D eigenvalue weighted by Crippen LogP contribution is -2.30. The third-order valence-corrected chi connectivity index (χ3v) is 3.76. The minimum absolute atomic E-state index is 0.173. The molecule has 1 nitrogen and oxygen atoms in total. The molecule has 1 fully saturated rings. The number of nitrogens with two attached hydrogens (primary N) is 1. The van der Waals surface area contributed by atoms with Gasteiger partial charge in [0.2, 0.25) is 0 Å². The maximum atomic E-state index is 12.8. The second-order valence-electron chi connectivity index (χ2n) is 5.01. The van der Waals surface area contributed by atoms with Crippen LogP contribution in [0.1, 0.15) is 37.7 Å². The summed E-state index contributed by atoms with van der Waals surface area (Å²) in [4.78, 5) is 0. The Kier molecular flexibility index (Phi) is 3.95. The van der Waals surface area contributed by atoms with Crippen molar-refractivity contribution in [2.75, 3.05) is 6.54 Å². The maximum absolute atomic E-state index is 12.8. The molecular weight excluding hydrogens is 213 g/mol. The summed E-state index contributed by atoms with van der Waals surface area (Å²) in [5, 5.41) is 0. The lowest BCUT2D eigenvalue weighted by Gasteiger charge is -2.33. The minimum atomic E-state index is -0.187. The molecule has 0 radical (unpaired) electrons. The van der Waals surface area contributed by atoms with Crippen molar-refractivity contribution in [1.29, 1.82) is 0 Å². The van der Waals surface area contributed by atoms with Crippen molar-refractivity contribution in [2.45, 2.75) is 32.1 Å². The molecule has 0 atom stereocenters. The Morgan fingerprint density at radius 2 is 1.76 bits per heavy atom. The van der Waals surface area contributed by atoms with E-state index in [1.807, 2.05) is 0 Å². The van der Waals surface area contributed by atoms with Crippen LogP contribution in [0.2, 0.25) is 0 Å². The third-order valence-electron chi connectivity index (χ3n) is 3.76. The molecule has 0 aromatic heterocycles. The number of halogens is 1. The zero-order valence-corrected chi connectivity index (χ0v) is 10.2. The normalized spacial score (nSPS) is 19.6. The lowest BCUT2D eigenvalue weighted by molar-refractivity contribution is 0.268. The van der Waals surface area contributed by atoms with Crippen LogP contribution in [0.4, 0.5) is 4.39 Å². The molecule has 0 unspecified atom stereocenters. The summed E-state index contributed by atoms with van der Waals surface area (Å²) in [5.41, 5.74) is 7.13. The van der Waals surface area contributed by atoms with Gasteiger partial charge in [0.05, 0.1) is 0 Å². The van der Waals surface area contributed by atoms with Crippen LogP contribution in [-0.4, -0.2) is 6.54 Å². The molecule has 1 aliphatic rings. The van der Waals surface area contributed by atoms with E-state index in [-0.39, 0.29) is 11.2 Å². The first-order chi connectivity index (χ1) is 8.24. The molecule has 2 N–H and O–H groups in total. The highest BCUT2D eigenvalue weighted by Gasteiger charge is 2.27. The van der Waals surface area contributed by atoms with Gasteiger partial charge in [0, 0.05) is 12.0 Å². The van der Waals surface area contributed by atoms with Gasteiger partial charge in [-0.1, -0.05) is 43.5 Å². The molecule has 2 rings (SSSR count). The van der Waals surface area contributed by atoms with E-state index in [4.69, 9.17) is 5.73 Å². The third kappa shape index (κ3) is 3.16. The summed E-state index contributed by atoms with van der Waals surface area (Å²) in [6.07, 6.45) is 10.5. The molecule has 0 amide bonds. The SMILES string of the molecule is NCC1(/C=C/c2ccc(F)cc2)CCCCC1. The first-order valence-electron chi connectivity index (χ1n) is 6.39. The first-order valence-corrected chi connectivity index (χ1v) is 6.39. The quantitative estimate of drug-likeness (QED) is 0.845. The van der Waals surface area contributed by atoms with E-state index in [1.54, 1.807) is 12.1 Å². The highest BCUT2D eigenvalue weighted by atomic mass is 19.1. The monoisotopic (exact) mass is 233 g/mol. The molecule has 1 aliphatic carbocycles. The Morgan fingerprint density at radius 1 is 1.12 bits per heavy atom. The van der Waals surface area contributed by atoms with Gasteiger partial charge in [0.15, 0.2) is 0 Å². The zero-order valence-electron chi connectivity index (χ0n) is 10.2. The highest BCUT2D eigenvalue weighted by Crippen LogP contribution is 2.37. The van der Waals surface area contributed by atoms with Crippen LogP contribution in [0.3, 0.4) is 0 Å². The lowest BCUT2D eigenvalue weighted by atomic mass is 9.74. The van der Waals surface area contributed by atoms with E-state index >= 15 is 0 Å². The number of benzene rings is 1. The van der Waals surface area contributed by atoms with Crippen LogP contribution >= 0.6 is 0 Å². The van der Waals surface area contributed by atoms with Crippen molar-refractivity contribution in [3.05, 3.63) is 41.7 Å². The highest BCUT2D eigenvalue weighted by molar-refractivity contribution is 5.50. The Labute approximate surface area is 103 Å². The molecule has 0 heterocycles. The van der Waals surface area contributed by atoms with Gasteiger partial charge >= 0.3 is 0 Å². The van der Waals surface area contributed by atoms with E-state index in [9.17, 15) is 4.39 Å². The summed E-state index contributed by atoms with van der Waals surface area (Å²) in [5.74, 6) is -0.187. The number of hydrogen-bond acceptors (Lipinski definition) is 1. The predicted octanol–water partition coefficient (Wildman–Crippen LogP) is 3.75. The van der Waals surface area contributed by atoms with Crippen molar-refractivity contribution in [2.24, 2.45) is 11.1 Å². The van der Waals surface area contributed by atoms with Gasteiger partial charge in [-0.2, -0.15) is 0 Å². The Morgan fingerprint density at radius 3 is 2.35 bits per heavy atom. The van der Waals surface area contributed by atoms with Gasteiger partial charge in [0.25, 0.3) is 0 Å². The molecule has 1 aromatic rings. The molecular formula is C15H20FN. The molecule has 92 valence electrons. The van der Waals surface area contributed by atoms with E-state index in [0.29, 0.717) is 6.54 Å². The fourth-order valence-electron chi connectivity index (χ4n) is 2.54. The zero-order chi connectivity index (χ0) is 12.1. The van der Waals surface area contributed by atoms with Crippen molar-refractivity contribution >= 4 is 6.08 Å². The van der Waals surface area contributed by atoms with Crippen molar-refractivity contribution in [3.63, 3.8) is 0 Å². The topological polar surface area (TPSA) is 26.0 Å². The Hall–Kier alpha value is -1.15. The van der Waals surface area contributed by atoms with Crippen LogP contribution < -0.4 is 5.73 Å². The Balaban J connectivity index is 2.09. The van der Waals surface area contributed by atoms with Crippen LogP contribution in [-0.2, 0) is 0 Å². The predicted molar refractivity (Wildman–Crippen MR) is 70.0 cm³/mol. The summed E-state index contributed by atoms with van der Waals surface area (Å²) in [6.45, 7) is 0.713. The first kappa shape index (κ1) is 12.3. The molecule has 0 bridgehead atoms. The molecule has 0 saturated heterocycles. The van der Waals surface area contributed by atoms with Crippen molar-refractivity contribution < 1.29 is 4.39 Å². The van der Waals surface area contributed by atoms with Crippen molar-refractivity contribution in [1.82, 2.24) is 0 Å². The second-order valence-corrected chi connectivity index (χ2v) is 5.01. The standard InChI is InChI=1S/C15H20FN/c16-14-6-4-13(5-7-14)8-11-15(12-17)9-2-1-3-10-15/h4-8,11H,1-3,9-10,12,17H2/b11-8+. The van der Waals surface area contributed by atoms with E-state index in [2.05, 4.69) is 12.2 Å². The molecule has 0 aliphatic heterocycles. The van der Waals surface area contributed by atoms with Gasteiger partial charge in [-0.05, 0) is 30.5 Å². The fraction of sp³-hybridized carbons (Fsp3) is 0.467. The average molecular weight is 233 g/mol. The molecule has 0 spiro atoms. The molecule has 2 heteroatoms. The van der Waals surface area contributed by atoms with Crippen LogP contribution in [0.15, 0.2) is 30.3 Å². The second kappa shape index (κ2) is 5.46. The minimum Gasteiger partial charge on any atom is -0.330 e. The molecule has 1 aromatic carbocycles. The van der Waals surface area contributed by atoms with Crippen molar-refractivity contribution in [3.8, 4) is 0 Å². The smallest absolute Gasteiger partial charge is 0.123 e. The van der Waals surface area contributed by atoms with Crippen LogP contribution in [0.5, 0.6) is 0 Å². The number of hydrogen-bond donors (Lipinski definition) is 1. The van der Waals surface area contributed by atoms with Gasteiger partial charge in [-0.25, -0.2) is 4.39 Å². The van der Waals surface area contributed by atoms with E-state index < -0.39 is 0 Å². The number of rotatable bonds is 3. The van der Waals surface area contributed by atoms with Crippen LogP contribution in [0.25, 0.3) is 6.08 Å². The van der Waals surface area contributed by atoms with Gasteiger partial charge < -0.3 is 5.73 Å². The summed E-state index contributed by atoms with van der Waals surface area (Å²) in [6, 6.07) is 6.60. The Bertz CT molecular complexity index is 374. The fourth-order valence-corrected chi connectivity index (χ4v) is 2.54. The van der Waals surface area contributed by atoms with Crippen LogP contribution in [0, 0.1) is 11.2 Å². The van der Waals surface area contributed by atoms with E-state index in [1.165, 1.54) is 44.2 Å². The largest absolute Gasteiger partial charge is 0.330 e.